The molecule has 1 aromatic carbocycles. The highest BCUT2D eigenvalue weighted by molar-refractivity contribution is 6.04. The predicted octanol–water partition coefficient (Wildman–Crippen LogP) is 3.25. The van der Waals surface area contributed by atoms with Crippen molar-refractivity contribution in [2.75, 3.05) is 6.54 Å². The summed E-state index contributed by atoms with van der Waals surface area (Å²) < 4.78 is 27.2. The van der Waals surface area contributed by atoms with Gasteiger partial charge in [-0.25, -0.2) is 8.78 Å². The fraction of sp³-hybridized carbons (Fsp3) is 0.556. The molecule has 0 spiro atoms. The van der Waals surface area contributed by atoms with Gasteiger partial charge < -0.3 is 9.74 Å². The molecule has 0 aromatic heterocycles. The minimum absolute atomic E-state index is 0.0695. The molecule has 1 aromatic rings. The van der Waals surface area contributed by atoms with Crippen LogP contribution in [0.4, 0.5) is 8.78 Å². The smallest absolute Gasteiger partial charge is 0.267 e. The van der Waals surface area contributed by atoms with Crippen LogP contribution >= 0.6 is 0 Å². The molecule has 1 saturated carbocycles. The zero-order valence-electron chi connectivity index (χ0n) is 13.4. The maximum absolute atomic E-state index is 13.9. The Hall–Kier alpha value is -1.98. The van der Waals surface area contributed by atoms with Crippen LogP contribution in [0, 0.1) is 17.6 Å². The van der Waals surface area contributed by atoms with Crippen LogP contribution in [0.1, 0.15) is 44.1 Å². The van der Waals surface area contributed by atoms with E-state index in [4.69, 9.17) is 4.84 Å². The van der Waals surface area contributed by atoms with Gasteiger partial charge in [0.25, 0.3) is 5.91 Å². The summed E-state index contributed by atoms with van der Waals surface area (Å²) in [6, 6.07) is 3.53. The molecular formula is C18H20F2N2O2. The number of nitrogens with zero attached hydrogens (tertiary/aromatic N) is 2. The first-order valence-electron chi connectivity index (χ1n) is 8.62. The molecule has 2 aliphatic heterocycles. The first-order valence-corrected chi connectivity index (χ1v) is 8.62. The molecule has 1 saturated heterocycles. The summed E-state index contributed by atoms with van der Waals surface area (Å²) in [5.74, 6) is -0.548. The van der Waals surface area contributed by atoms with Crippen molar-refractivity contribution in [3.8, 4) is 0 Å². The highest BCUT2D eigenvalue weighted by atomic mass is 19.1. The molecule has 3 aliphatic rings. The van der Waals surface area contributed by atoms with E-state index in [2.05, 4.69) is 5.16 Å². The zero-order valence-corrected chi connectivity index (χ0v) is 13.4. The molecule has 4 rings (SSSR count). The fourth-order valence-corrected chi connectivity index (χ4v) is 3.95. The van der Waals surface area contributed by atoms with E-state index >= 15 is 0 Å². The lowest BCUT2D eigenvalue weighted by atomic mass is 9.78. The van der Waals surface area contributed by atoms with Crippen LogP contribution in [0.5, 0.6) is 0 Å². The van der Waals surface area contributed by atoms with Crippen molar-refractivity contribution in [1.82, 2.24) is 4.90 Å². The number of hydrogen-bond acceptors (Lipinski definition) is 3. The summed E-state index contributed by atoms with van der Waals surface area (Å²) in [6.45, 7) is 0.753. The lowest BCUT2D eigenvalue weighted by Crippen LogP contribution is -2.46. The normalized spacial score (nSPS) is 26.9. The highest BCUT2D eigenvalue weighted by Crippen LogP contribution is 2.38. The molecule has 0 bridgehead atoms. The second-order valence-corrected chi connectivity index (χ2v) is 6.89. The van der Waals surface area contributed by atoms with E-state index in [-0.39, 0.29) is 17.9 Å². The average Bonchev–Trinajstić information content (AvgIpc) is 3.17. The van der Waals surface area contributed by atoms with Crippen molar-refractivity contribution in [1.29, 1.82) is 0 Å². The van der Waals surface area contributed by atoms with Crippen LogP contribution in [0.2, 0.25) is 0 Å². The Morgan fingerprint density at radius 2 is 2.04 bits per heavy atom. The van der Waals surface area contributed by atoms with Crippen LogP contribution in [-0.2, 0) is 9.63 Å². The second kappa shape index (κ2) is 6.15. The summed E-state index contributed by atoms with van der Waals surface area (Å²) in [5.41, 5.74) is 0.368. The summed E-state index contributed by atoms with van der Waals surface area (Å²) in [4.78, 5) is 20.0. The Morgan fingerprint density at radius 1 is 1.21 bits per heavy atom. The zero-order chi connectivity index (χ0) is 16.7. The first kappa shape index (κ1) is 15.5. The first-order chi connectivity index (χ1) is 11.6. The van der Waals surface area contributed by atoms with Gasteiger partial charge in [-0.05, 0) is 49.8 Å². The third-order valence-electron chi connectivity index (χ3n) is 5.46. The van der Waals surface area contributed by atoms with Crippen molar-refractivity contribution in [2.24, 2.45) is 11.1 Å². The lowest BCUT2D eigenvalue weighted by molar-refractivity contribution is -0.144. The molecule has 2 unspecified atom stereocenters. The Labute approximate surface area is 139 Å². The number of carbonyl (C=O) groups excluding carboxylic acids is 1. The Balaban J connectivity index is 1.45. The molecule has 0 N–H and O–H groups in total. The van der Waals surface area contributed by atoms with Crippen LogP contribution < -0.4 is 0 Å². The number of carbonyl (C=O) groups is 1. The summed E-state index contributed by atoms with van der Waals surface area (Å²) in [5, 5.41) is 3.85. The van der Waals surface area contributed by atoms with Crippen LogP contribution in [0.15, 0.2) is 23.4 Å². The van der Waals surface area contributed by atoms with Gasteiger partial charge in [0, 0.05) is 24.6 Å². The van der Waals surface area contributed by atoms with Gasteiger partial charge >= 0.3 is 0 Å². The molecule has 1 aliphatic carbocycles. The largest absolute Gasteiger partial charge is 0.382 e. The Morgan fingerprint density at radius 3 is 2.79 bits per heavy atom. The van der Waals surface area contributed by atoms with E-state index in [1.54, 1.807) is 0 Å². The van der Waals surface area contributed by atoms with E-state index in [0.29, 0.717) is 17.7 Å². The molecule has 6 heteroatoms. The minimum atomic E-state index is -0.719. The number of halogens is 2. The van der Waals surface area contributed by atoms with Crippen molar-refractivity contribution < 1.29 is 18.4 Å². The van der Waals surface area contributed by atoms with E-state index in [1.807, 2.05) is 4.90 Å². The molecular weight excluding hydrogens is 314 g/mol. The van der Waals surface area contributed by atoms with Gasteiger partial charge in [-0.2, -0.15) is 0 Å². The number of amides is 1. The number of hydrogen-bond donors (Lipinski definition) is 0. The predicted molar refractivity (Wildman–Crippen MR) is 84.5 cm³/mol. The van der Waals surface area contributed by atoms with Crippen molar-refractivity contribution in [2.45, 2.75) is 50.7 Å². The van der Waals surface area contributed by atoms with Crippen LogP contribution in [0.25, 0.3) is 0 Å². The SMILES string of the molecule is O=C(C1CC(c2cc(F)ccc2F)=NO1)N1CCCC1C1CCC1. The molecule has 2 fully saturated rings. The van der Waals surface area contributed by atoms with E-state index < -0.39 is 17.7 Å². The van der Waals surface area contributed by atoms with E-state index in [9.17, 15) is 13.6 Å². The van der Waals surface area contributed by atoms with Gasteiger partial charge in [-0.3, -0.25) is 4.79 Å². The van der Waals surface area contributed by atoms with Gasteiger partial charge in [0.1, 0.15) is 11.6 Å². The standard InChI is InChI=1S/C18H20F2N2O2/c19-12-6-7-14(20)13(9-12)15-10-17(24-21-15)18(23)22-8-2-5-16(22)11-3-1-4-11/h6-7,9,11,16-17H,1-5,8,10H2. The monoisotopic (exact) mass is 334 g/mol. The topological polar surface area (TPSA) is 41.9 Å². The van der Waals surface area contributed by atoms with E-state index in [1.165, 1.54) is 19.3 Å². The molecule has 2 heterocycles. The molecule has 1 amide bonds. The van der Waals surface area contributed by atoms with Crippen molar-refractivity contribution >= 4 is 11.6 Å². The molecule has 24 heavy (non-hydrogen) atoms. The molecule has 0 radical (unpaired) electrons. The van der Waals surface area contributed by atoms with Crippen LogP contribution in [-0.4, -0.2) is 35.2 Å². The van der Waals surface area contributed by atoms with E-state index in [0.717, 1.165) is 37.6 Å². The molecule has 4 nitrogen and oxygen atoms in total. The average molecular weight is 334 g/mol. The quantitative estimate of drug-likeness (QED) is 0.851. The third kappa shape index (κ3) is 2.68. The third-order valence-corrected chi connectivity index (χ3v) is 5.46. The fourth-order valence-electron chi connectivity index (χ4n) is 3.95. The van der Waals surface area contributed by atoms with Gasteiger partial charge in [-0.15, -0.1) is 0 Å². The summed E-state index contributed by atoms with van der Waals surface area (Å²) in [6.07, 6.45) is 5.17. The number of likely N-dealkylation sites (tertiary alicyclic amines) is 1. The van der Waals surface area contributed by atoms with Gasteiger partial charge in [0.15, 0.2) is 0 Å². The minimum Gasteiger partial charge on any atom is -0.382 e. The highest BCUT2D eigenvalue weighted by Gasteiger charge is 2.41. The lowest BCUT2D eigenvalue weighted by Gasteiger charge is -2.37. The Kier molecular flexibility index (Phi) is 3.98. The number of rotatable bonds is 3. The second-order valence-electron chi connectivity index (χ2n) is 6.89. The van der Waals surface area contributed by atoms with Crippen LogP contribution in [0.3, 0.4) is 0 Å². The van der Waals surface area contributed by atoms with Crippen molar-refractivity contribution in [3.63, 3.8) is 0 Å². The van der Waals surface area contributed by atoms with Gasteiger partial charge in [0.05, 0.1) is 5.71 Å². The number of benzene rings is 1. The Bertz CT molecular complexity index is 688. The van der Waals surface area contributed by atoms with Gasteiger partial charge in [0.2, 0.25) is 6.10 Å². The molecule has 128 valence electrons. The maximum atomic E-state index is 13.9. The number of oxime groups is 1. The molecule has 2 atom stereocenters. The summed E-state index contributed by atoms with van der Waals surface area (Å²) in [7, 11) is 0. The summed E-state index contributed by atoms with van der Waals surface area (Å²) >= 11 is 0. The van der Waals surface area contributed by atoms with Crippen molar-refractivity contribution in [3.05, 3.63) is 35.4 Å². The maximum Gasteiger partial charge on any atom is 0.267 e. The van der Waals surface area contributed by atoms with Gasteiger partial charge in [-0.1, -0.05) is 11.6 Å².